The second-order valence-electron chi connectivity index (χ2n) is 14.0. The first-order valence-electron chi connectivity index (χ1n) is 18.9. The molecule has 0 aliphatic carbocycles. The van der Waals surface area contributed by atoms with Crippen LogP contribution >= 0.6 is 11.3 Å². The molecule has 0 radical (unpaired) electrons. The van der Waals surface area contributed by atoms with Crippen LogP contribution in [0.5, 0.6) is 0 Å². The van der Waals surface area contributed by atoms with E-state index in [0.717, 1.165) is 61.1 Å². The van der Waals surface area contributed by atoms with Gasteiger partial charge in [0.1, 0.15) is 11.2 Å². The van der Waals surface area contributed by atoms with E-state index in [-0.39, 0.29) is 0 Å². The van der Waals surface area contributed by atoms with E-state index in [4.69, 9.17) is 19.4 Å². The Labute approximate surface area is 332 Å². The molecule has 0 atom stereocenters. The Bertz CT molecular complexity index is 3210. The number of thiophene rings is 1. The van der Waals surface area contributed by atoms with Crippen molar-refractivity contribution in [1.82, 2.24) is 15.0 Å². The summed E-state index contributed by atoms with van der Waals surface area (Å²) in [5, 5.41) is 8.34. The maximum Gasteiger partial charge on any atom is 0.167 e. The minimum atomic E-state index is 0.566. The number of nitrogens with zero attached hydrogens (tertiary/aromatic N) is 3. The van der Waals surface area contributed by atoms with Gasteiger partial charge in [-0.3, -0.25) is 0 Å². The summed E-state index contributed by atoms with van der Waals surface area (Å²) in [4.78, 5) is 14.9. The number of fused-ring (bicyclic) bond motifs is 6. The predicted molar refractivity (Wildman–Crippen MR) is 237 cm³/mol. The summed E-state index contributed by atoms with van der Waals surface area (Å²) in [6.45, 7) is 0. The van der Waals surface area contributed by atoms with E-state index in [1.54, 1.807) is 0 Å². The third-order valence-electron chi connectivity index (χ3n) is 10.6. The molecule has 57 heavy (non-hydrogen) atoms. The number of furan rings is 1. The summed E-state index contributed by atoms with van der Waals surface area (Å²) in [7, 11) is 0. The van der Waals surface area contributed by atoms with Gasteiger partial charge in [0.25, 0.3) is 0 Å². The van der Waals surface area contributed by atoms with Crippen molar-refractivity contribution < 1.29 is 4.42 Å². The minimum Gasteiger partial charge on any atom is -0.455 e. The van der Waals surface area contributed by atoms with E-state index in [1.807, 2.05) is 84.1 Å². The summed E-state index contributed by atoms with van der Waals surface area (Å²) < 4.78 is 9.20. The molecule has 8 aromatic carbocycles. The maximum atomic E-state index is 6.73. The highest BCUT2D eigenvalue weighted by atomic mass is 32.1. The molecule has 268 valence electrons. The highest BCUT2D eigenvalue weighted by Gasteiger charge is 2.20. The Morgan fingerprint density at radius 3 is 1.74 bits per heavy atom. The van der Waals surface area contributed by atoms with Gasteiger partial charge in [-0.2, -0.15) is 0 Å². The Morgan fingerprint density at radius 2 is 0.982 bits per heavy atom. The lowest BCUT2D eigenvalue weighted by Gasteiger charge is -2.13. The Balaban J connectivity index is 1.03. The van der Waals surface area contributed by atoms with Crippen LogP contribution in [0.3, 0.4) is 0 Å². The lowest BCUT2D eigenvalue weighted by Crippen LogP contribution is -2.00. The molecule has 0 bridgehead atoms. The molecule has 0 spiro atoms. The van der Waals surface area contributed by atoms with Crippen LogP contribution in [0.4, 0.5) is 11.4 Å². The molecule has 3 heterocycles. The van der Waals surface area contributed by atoms with Gasteiger partial charge in [-0.1, -0.05) is 152 Å². The first-order valence-corrected chi connectivity index (χ1v) is 19.8. The molecule has 0 aliphatic heterocycles. The van der Waals surface area contributed by atoms with Gasteiger partial charge in [-0.05, 0) is 53.1 Å². The summed E-state index contributed by atoms with van der Waals surface area (Å²) >= 11 is 1.82. The van der Waals surface area contributed by atoms with Crippen molar-refractivity contribution in [2.75, 3.05) is 5.32 Å². The van der Waals surface area contributed by atoms with E-state index in [0.29, 0.717) is 17.5 Å². The van der Waals surface area contributed by atoms with Gasteiger partial charge >= 0.3 is 0 Å². The molecule has 0 saturated carbocycles. The molecule has 5 nitrogen and oxygen atoms in total. The first kappa shape index (κ1) is 33.0. The molecular formula is C51H32N4OS. The molecule has 0 saturated heterocycles. The number of hydrogen-bond donors (Lipinski definition) is 1. The predicted octanol–water partition coefficient (Wildman–Crippen LogP) is 14.2. The van der Waals surface area contributed by atoms with Crippen LogP contribution in [-0.2, 0) is 0 Å². The van der Waals surface area contributed by atoms with E-state index >= 15 is 0 Å². The third-order valence-corrected chi connectivity index (χ3v) is 11.7. The first-order chi connectivity index (χ1) is 28.2. The van der Waals surface area contributed by atoms with Crippen LogP contribution in [0.1, 0.15) is 0 Å². The van der Waals surface area contributed by atoms with Crippen molar-refractivity contribution in [3.05, 3.63) is 188 Å². The fraction of sp³-hybridized carbons (Fsp3) is 0. The number of benzene rings is 8. The highest BCUT2D eigenvalue weighted by molar-refractivity contribution is 7.26. The van der Waals surface area contributed by atoms with E-state index < -0.39 is 0 Å². The lowest BCUT2D eigenvalue weighted by molar-refractivity contribution is 0.669. The molecule has 6 heteroatoms. The Kier molecular flexibility index (Phi) is 7.93. The molecule has 11 aromatic rings. The monoisotopic (exact) mass is 748 g/mol. The van der Waals surface area contributed by atoms with Crippen molar-refractivity contribution >= 4 is 64.8 Å². The minimum absolute atomic E-state index is 0.566. The fourth-order valence-corrected chi connectivity index (χ4v) is 9.07. The molecular weight excluding hydrogens is 717 g/mol. The fourth-order valence-electron chi connectivity index (χ4n) is 7.90. The summed E-state index contributed by atoms with van der Waals surface area (Å²) in [6.07, 6.45) is 0. The van der Waals surface area contributed by atoms with E-state index in [1.165, 1.54) is 31.3 Å². The average Bonchev–Trinajstić information content (AvgIpc) is 3.86. The standard InChI is InChI=1S/C51H32N4OS/c1-4-15-32(16-5-1)36-21-10-11-25-41(36)52-42-26-14-28-44-47(42)38-30-29-35(31-45(38)57-44)37-22-13-27-43-46(37)39-23-12-24-40(48(39)56-43)51-54-49(33-17-6-2-7-18-33)53-50(55-51)34-19-8-3-9-20-34/h1-31,52H. The van der Waals surface area contributed by atoms with Crippen molar-refractivity contribution in [3.63, 3.8) is 0 Å². The molecule has 3 aromatic heterocycles. The van der Waals surface area contributed by atoms with Crippen LogP contribution in [0.2, 0.25) is 0 Å². The van der Waals surface area contributed by atoms with Crippen LogP contribution in [-0.4, -0.2) is 15.0 Å². The second kappa shape index (κ2) is 13.7. The van der Waals surface area contributed by atoms with Gasteiger partial charge < -0.3 is 9.73 Å². The molecule has 0 unspecified atom stereocenters. The van der Waals surface area contributed by atoms with Gasteiger partial charge in [0.2, 0.25) is 0 Å². The zero-order valence-electron chi connectivity index (χ0n) is 30.6. The second-order valence-corrected chi connectivity index (χ2v) is 15.1. The van der Waals surface area contributed by atoms with Crippen LogP contribution in [0, 0.1) is 0 Å². The summed E-state index contributed by atoms with van der Waals surface area (Å²) in [5.41, 5.74) is 11.0. The summed E-state index contributed by atoms with van der Waals surface area (Å²) in [6, 6.07) is 65.1. The maximum absolute atomic E-state index is 6.73. The van der Waals surface area contributed by atoms with E-state index in [9.17, 15) is 0 Å². The van der Waals surface area contributed by atoms with Crippen LogP contribution in [0.25, 0.3) is 98.5 Å². The number of para-hydroxylation sites is 2. The summed E-state index contributed by atoms with van der Waals surface area (Å²) in [5.74, 6) is 1.80. The molecule has 1 N–H and O–H groups in total. The topological polar surface area (TPSA) is 63.8 Å². The number of anilines is 2. The SMILES string of the molecule is c1ccc(-c2nc(-c3ccccc3)nc(-c3cccc4c3oc3cccc(-c5ccc6c(c5)sc5cccc(Nc7ccccc7-c7ccccc7)c56)c34)n2)cc1. The van der Waals surface area contributed by atoms with Crippen molar-refractivity contribution in [2.24, 2.45) is 0 Å². The Morgan fingerprint density at radius 1 is 0.386 bits per heavy atom. The number of rotatable bonds is 7. The molecule has 0 aliphatic rings. The number of aromatic nitrogens is 3. The normalized spacial score (nSPS) is 11.5. The number of nitrogens with one attached hydrogen (secondary N) is 1. The van der Waals surface area contributed by atoms with Gasteiger partial charge in [-0.15, -0.1) is 11.3 Å². The van der Waals surface area contributed by atoms with Gasteiger partial charge in [0.05, 0.1) is 5.56 Å². The lowest BCUT2D eigenvalue weighted by atomic mass is 9.97. The van der Waals surface area contributed by atoms with Crippen molar-refractivity contribution in [3.8, 4) is 56.4 Å². The zero-order valence-corrected chi connectivity index (χ0v) is 31.4. The average molecular weight is 749 g/mol. The van der Waals surface area contributed by atoms with Crippen molar-refractivity contribution in [1.29, 1.82) is 0 Å². The molecule has 0 fully saturated rings. The van der Waals surface area contributed by atoms with E-state index in [2.05, 4.69) is 121 Å². The third kappa shape index (κ3) is 5.82. The van der Waals surface area contributed by atoms with Gasteiger partial charge in [0.15, 0.2) is 17.5 Å². The quantitative estimate of drug-likeness (QED) is 0.176. The number of hydrogen-bond acceptors (Lipinski definition) is 6. The van der Waals surface area contributed by atoms with Gasteiger partial charge in [-0.25, -0.2) is 15.0 Å². The Hall–Kier alpha value is -7.41. The highest BCUT2D eigenvalue weighted by Crippen LogP contribution is 2.44. The zero-order chi connectivity index (χ0) is 37.7. The van der Waals surface area contributed by atoms with Crippen LogP contribution < -0.4 is 5.32 Å². The van der Waals surface area contributed by atoms with Crippen molar-refractivity contribution in [2.45, 2.75) is 0 Å². The smallest absolute Gasteiger partial charge is 0.167 e. The molecule has 11 rings (SSSR count). The largest absolute Gasteiger partial charge is 0.455 e. The van der Waals surface area contributed by atoms with Gasteiger partial charge in [0, 0.05) is 59.0 Å². The molecule has 0 amide bonds. The van der Waals surface area contributed by atoms with Crippen LogP contribution in [0.15, 0.2) is 192 Å².